The number of aliphatic carboxylic acids is 1. The molecule has 1 unspecified atom stereocenters. The summed E-state index contributed by atoms with van der Waals surface area (Å²) in [6.45, 7) is 1.81. The normalized spacial score (nSPS) is 11.8. The summed E-state index contributed by atoms with van der Waals surface area (Å²) in [5.74, 6) is -1.91. The Morgan fingerprint density at radius 1 is 1.28 bits per heavy atom. The van der Waals surface area contributed by atoms with Crippen LogP contribution in [0.2, 0.25) is 0 Å². The lowest BCUT2D eigenvalue weighted by molar-refractivity contribution is -0.147. The summed E-state index contributed by atoms with van der Waals surface area (Å²) in [6, 6.07) is 4.28. The Bertz CT molecular complexity index is 439. The monoisotopic (exact) mass is 252 g/mol. The average molecular weight is 252 g/mol. The summed E-state index contributed by atoms with van der Waals surface area (Å²) in [5, 5.41) is 8.88. The molecule has 1 atom stereocenters. The lowest BCUT2D eigenvalue weighted by Gasteiger charge is -2.13. The Morgan fingerprint density at radius 3 is 2.28 bits per heavy atom. The van der Waals surface area contributed by atoms with Crippen molar-refractivity contribution < 1.29 is 19.4 Å². The van der Waals surface area contributed by atoms with Crippen LogP contribution in [0.15, 0.2) is 18.2 Å². The zero-order valence-electron chi connectivity index (χ0n) is 10.1. The first-order valence-corrected chi connectivity index (χ1v) is 5.54. The average Bonchev–Trinajstić information content (AvgIpc) is 2.26. The number of benzene rings is 1. The molecule has 0 heterocycles. The number of carboxylic acids is 1. The molecule has 98 valence electrons. The van der Waals surface area contributed by atoms with Crippen LogP contribution in [0.1, 0.15) is 30.1 Å². The van der Waals surface area contributed by atoms with Gasteiger partial charge in [-0.05, 0) is 24.6 Å². The lowest BCUT2D eigenvalue weighted by atomic mass is 10.1. The van der Waals surface area contributed by atoms with Crippen molar-refractivity contribution in [3.8, 4) is 0 Å². The van der Waals surface area contributed by atoms with Crippen LogP contribution < -0.4 is 11.5 Å². The summed E-state index contributed by atoms with van der Waals surface area (Å²) in [6.07, 6.45) is -0.285. The Balaban J connectivity index is 2.83. The van der Waals surface area contributed by atoms with E-state index in [4.69, 9.17) is 21.3 Å². The van der Waals surface area contributed by atoms with Gasteiger partial charge in [0.1, 0.15) is 0 Å². The Hall–Kier alpha value is -2.24. The van der Waals surface area contributed by atoms with Gasteiger partial charge in [-0.3, -0.25) is 0 Å². The van der Waals surface area contributed by atoms with E-state index < -0.39 is 18.0 Å². The number of carbonyl (C=O) groups is 2. The first-order valence-electron chi connectivity index (χ1n) is 5.54. The molecule has 0 aliphatic carbocycles. The van der Waals surface area contributed by atoms with E-state index in [9.17, 15) is 9.59 Å². The molecule has 0 amide bonds. The molecule has 0 fully saturated rings. The van der Waals surface area contributed by atoms with Crippen LogP contribution in [0.4, 0.5) is 11.4 Å². The van der Waals surface area contributed by atoms with E-state index in [0.717, 1.165) is 0 Å². The number of anilines is 2. The van der Waals surface area contributed by atoms with Crippen molar-refractivity contribution in [1.29, 1.82) is 0 Å². The van der Waals surface area contributed by atoms with E-state index in [0.29, 0.717) is 17.8 Å². The largest absolute Gasteiger partial charge is 0.479 e. The van der Waals surface area contributed by atoms with Gasteiger partial charge >= 0.3 is 11.9 Å². The Kier molecular flexibility index (Phi) is 4.53. The van der Waals surface area contributed by atoms with Crippen molar-refractivity contribution in [2.45, 2.75) is 25.9 Å². The van der Waals surface area contributed by atoms with Crippen LogP contribution >= 0.6 is 0 Å². The molecule has 18 heavy (non-hydrogen) atoms. The Labute approximate surface area is 105 Å². The van der Waals surface area contributed by atoms with Gasteiger partial charge in [0.2, 0.25) is 0 Å². The maximum absolute atomic E-state index is 11.7. The van der Waals surface area contributed by atoms with Gasteiger partial charge in [0.05, 0.1) is 5.56 Å². The lowest BCUT2D eigenvalue weighted by Crippen LogP contribution is -2.27. The van der Waals surface area contributed by atoms with Crippen molar-refractivity contribution >= 4 is 23.3 Å². The summed E-state index contributed by atoms with van der Waals surface area (Å²) < 4.78 is 4.90. The second-order valence-electron chi connectivity index (χ2n) is 3.91. The standard InChI is InChI=1S/C12H16N2O4/c1-2-3-10(11(15)16)18-12(17)7-4-8(13)6-9(14)5-7/h4-6,10H,2-3,13-14H2,1H3,(H,15,16). The molecule has 1 aromatic rings. The van der Waals surface area contributed by atoms with Crippen molar-refractivity contribution in [2.75, 3.05) is 11.5 Å². The van der Waals surface area contributed by atoms with Crippen molar-refractivity contribution in [3.63, 3.8) is 0 Å². The summed E-state index contributed by atoms with van der Waals surface area (Å²) in [5.41, 5.74) is 11.9. The van der Waals surface area contributed by atoms with Gasteiger partial charge in [0.25, 0.3) is 0 Å². The number of rotatable bonds is 5. The zero-order valence-corrected chi connectivity index (χ0v) is 10.1. The summed E-state index contributed by atoms with van der Waals surface area (Å²) in [4.78, 5) is 22.6. The van der Waals surface area contributed by atoms with Crippen LogP contribution in [0.3, 0.4) is 0 Å². The molecule has 1 aromatic carbocycles. The molecule has 0 saturated heterocycles. The van der Waals surface area contributed by atoms with Crippen molar-refractivity contribution in [1.82, 2.24) is 0 Å². The van der Waals surface area contributed by atoms with Crippen LogP contribution in [0.5, 0.6) is 0 Å². The molecule has 6 heteroatoms. The molecule has 1 rings (SSSR count). The molecule has 0 aromatic heterocycles. The van der Waals surface area contributed by atoms with Crippen molar-refractivity contribution in [2.24, 2.45) is 0 Å². The van der Waals surface area contributed by atoms with Gasteiger partial charge in [-0.15, -0.1) is 0 Å². The first-order chi connectivity index (χ1) is 8.43. The fourth-order valence-electron chi connectivity index (χ4n) is 1.49. The molecule has 0 aliphatic rings. The van der Waals surface area contributed by atoms with Crippen molar-refractivity contribution in [3.05, 3.63) is 23.8 Å². The molecule has 0 radical (unpaired) electrons. The third kappa shape index (κ3) is 3.65. The van der Waals surface area contributed by atoms with Crippen LogP contribution in [0, 0.1) is 0 Å². The fourth-order valence-corrected chi connectivity index (χ4v) is 1.49. The number of nitrogens with two attached hydrogens (primary N) is 2. The molecule has 0 aliphatic heterocycles. The quantitative estimate of drug-likeness (QED) is 0.536. The minimum Gasteiger partial charge on any atom is -0.479 e. The van der Waals surface area contributed by atoms with Gasteiger partial charge in [-0.25, -0.2) is 9.59 Å². The number of hydrogen-bond donors (Lipinski definition) is 3. The van der Waals surface area contributed by atoms with E-state index in [1.165, 1.54) is 18.2 Å². The third-order valence-electron chi connectivity index (χ3n) is 2.29. The molecule has 5 N–H and O–H groups in total. The highest BCUT2D eigenvalue weighted by Crippen LogP contribution is 2.16. The van der Waals surface area contributed by atoms with Gasteiger partial charge in [-0.1, -0.05) is 13.3 Å². The number of carboxylic acid groups (broad SMARTS) is 1. The maximum Gasteiger partial charge on any atom is 0.345 e. The number of ether oxygens (including phenoxy) is 1. The van der Waals surface area contributed by atoms with E-state index in [1.807, 2.05) is 6.92 Å². The predicted octanol–water partition coefficient (Wildman–Crippen LogP) is 1.26. The zero-order chi connectivity index (χ0) is 13.7. The van der Waals surface area contributed by atoms with E-state index in [-0.39, 0.29) is 12.0 Å². The SMILES string of the molecule is CCCC(OC(=O)c1cc(N)cc(N)c1)C(=O)O. The number of esters is 1. The highest BCUT2D eigenvalue weighted by atomic mass is 16.6. The highest BCUT2D eigenvalue weighted by molar-refractivity contribution is 5.93. The number of hydrogen-bond acceptors (Lipinski definition) is 5. The van der Waals surface area contributed by atoms with Gasteiger partial charge in [-0.2, -0.15) is 0 Å². The fraction of sp³-hybridized carbons (Fsp3) is 0.333. The topological polar surface area (TPSA) is 116 Å². The van der Waals surface area contributed by atoms with Crippen LogP contribution in [-0.4, -0.2) is 23.1 Å². The number of carbonyl (C=O) groups excluding carboxylic acids is 1. The summed E-state index contributed by atoms with van der Waals surface area (Å²) in [7, 11) is 0. The van der Waals surface area contributed by atoms with E-state index in [2.05, 4.69) is 0 Å². The third-order valence-corrected chi connectivity index (χ3v) is 2.29. The minimum absolute atomic E-state index is 0.148. The molecule has 6 nitrogen and oxygen atoms in total. The van der Waals surface area contributed by atoms with Crippen LogP contribution in [-0.2, 0) is 9.53 Å². The minimum atomic E-state index is -1.16. The van der Waals surface area contributed by atoms with Gasteiger partial charge < -0.3 is 21.3 Å². The molecule has 0 saturated carbocycles. The predicted molar refractivity (Wildman–Crippen MR) is 67.0 cm³/mol. The molecular formula is C12H16N2O4. The highest BCUT2D eigenvalue weighted by Gasteiger charge is 2.22. The first kappa shape index (κ1) is 13.8. The van der Waals surface area contributed by atoms with E-state index >= 15 is 0 Å². The van der Waals surface area contributed by atoms with Gasteiger partial charge in [0, 0.05) is 11.4 Å². The second kappa shape index (κ2) is 5.90. The summed E-state index contributed by atoms with van der Waals surface area (Å²) >= 11 is 0. The Morgan fingerprint density at radius 2 is 1.83 bits per heavy atom. The van der Waals surface area contributed by atoms with Crippen LogP contribution in [0.25, 0.3) is 0 Å². The van der Waals surface area contributed by atoms with E-state index in [1.54, 1.807) is 0 Å². The smallest absolute Gasteiger partial charge is 0.345 e. The molecule has 0 bridgehead atoms. The maximum atomic E-state index is 11.7. The molecular weight excluding hydrogens is 236 g/mol. The number of nitrogen functional groups attached to an aromatic ring is 2. The second-order valence-corrected chi connectivity index (χ2v) is 3.91. The molecule has 0 spiro atoms. The van der Waals surface area contributed by atoms with Gasteiger partial charge in [0.15, 0.2) is 6.10 Å².